The molecule has 0 aliphatic carbocycles. The number of rotatable bonds is 5. The van der Waals surface area contributed by atoms with E-state index in [-0.39, 0.29) is 11.8 Å². The van der Waals surface area contributed by atoms with Gasteiger partial charge in [0, 0.05) is 37.4 Å². The molecule has 0 N–H and O–H groups in total. The number of pyridine rings is 2. The fraction of sp³-hybridized carbons (Fsp3) is 0.308. The van der Waals surface area contributed by atoms with Gasteiger partial charge in [0.05, 0.1) is 45.9 Å². The fourth-order valence-electron chi connectivity index (χ4n) is 4.46. The lowest BCUT2D eigenvalue weighted by molar-refractivity contribution is 0.239. The number of hydrogen-bond acceptors (Lipinski definition) is 5. The minimum absolute atomic E-state index is 0.0595. The molecule has 0 radical (unpaired) electrons. The summed E-state index contributed by atoms with van der Waals surface area (Å²) in [5.74, 6) is 0.800. The van der Waals surface area contributed by atoms with Crippen molar-refractivity contribution in [3.63, 3.8) is 0 Å². The summed E-state index contributed by atoms with van der Waals surface area (Å²) in [6.45, 7) is 8.01. The van der Waals surface area contributed by atoms with E-state index in [9.17, 15) is 4.79 Å². The third-order valence-corrected chi connectivity index (χ3v) is 6.07. The van der Waals surface area contributed by atoms with Crippen LogP contribution in [0.15, 0.2) is 47.7 Å². The number of ether oxygens (including phenoxy) is 1. The first-order valence-corrected chi connectivity index (χ1v) is 11.4. The van der Waals surface area contributed by atoms with Crippen molar-refractivity contribution in [3.05, 3.63) is 64.7 Å². The molecule has 8 heteroatoms. The van der Waals surface area contributed by atoms with E-state index in [4.69, 9.17) is 4.74 Å². The molecule has 5 aromatic rings. The van der Waals surface area contributed by atoms with E-state index < -0.39 is 0 Å². The van der Waals surface area contributed by atoms with Gasteiger partial charge < -0.3 is 4.74 Å². The van der Waals surface area contributed by atoms with Gasteiger partial charge in [-0.2, -0.15) is 5.10 Å². The van der Waals surface area contributed by atoms with E-state index in [0.29, 0.717) is 0 Å². The molecule has 0 saturated heterocycles. The topological polar surface area (TPSA) is 79.8 Å². The molecule has 0 aliphatic heterocycles. The Morgan fingerprint density at radius 3 is 2.53 bits per heavy atom. The average Bonchev–Trinajstić information content (AvgIpc) is 3.27. The van der Waals surface area contributed by atoms with Crippen LogP contribution in [0.5, 0.6) is 5.75 Å². The fourth-order valence-corrected chi connectivity index (χ4v) is 4.46. The maximum Gasteiger partial charge on any atom is 0.333 e. The van der Waals surface area contributed by atoms with Gasteiger partial charge in [0.1, 0.15) is 5.75 Å². The summed E-state index contributed by atoms with van der Waals surface area (Å²) in [5, 5.41) is 5.34. The van der Waals surface area contributed by atoms with Crippen LogP contribution in [-0.4, -0.2) is 35.0 Å². The molecule has 0 atom stereocenters. The van der Waals surface area contributed by atoms with Gasteiger partial charge in [0.15, 0.2) is 0 Å². The molecule has 34 heavy (non-hydrogen) atoms. The molecule has 174 valence electrons. The molecule has 0 aliphatic rings. The standard InChI is InChI=1S/C26H28N6O2/c1-7-20-24(34-15(2)3)11-18(12-27-20)17-8-9-21-19(10-17)25-22(13-28-21)31(6)26(33)32(25)23-14-30(5)29-16(23)4/h8-15H,7H2,1-6H3. The Morgan fingerprint density at radius 2 is 1.85 bits per heavy atom. The average molecular weight is 457 g/mol. The number of aryl methyl sites for hydroxylation is 4. The predicted molar refractivity (Wildman–Crippen MR) is 134 cm³/mol. The summed E-state index contributed by atoms with van der Waals surface area (Å²) in [5.41, 5.74) is 6.68. The van der Waals surface area contributed by atoms with Gasteiger partial charge in [0.25, 0.3) is 0 Å². The molecular weight excluding hydrogens is 428 g/mol. The van der Waals surface area contributed by atoms with Crippen molar-refractivity contribution in [3.8, 4) is 22.6 Å². The maximum atomic E-state index is 13.3. The molecule has 1 aromatic carbocycles. The second-order valence-electron chi connectivity index (χ2n) is 8.86. The van der Waals surface area contributed by atoms with E-state index in [1.54, 1.807) is 27.1 Å². The van der Waals surface area contributed by atoms with Gasteiger partial charge in [-0.25, -0.2) is 4.79 Å². The lowest BCUT2D eigenvalue weighted by Gasteiger charge is -2.14. The number of fused-ring (bicyclic) bond motifs is 3. The first-order valence-electron chi connectivity index (χ1n) is 11.4. The zero-order valence-corrected chi connectivity index (χ0v) is 20.3. The van der Waals surface area contributed by atoms with Gasteiger partial charge in [0.2, 0.25) is 0 Å². The van der Waals surface area contributed by atoms with Crippen molar-refractivity contribution < 1.29 is 4.74 Å². The Labute approximate surface area is 197 Å². The summed E-state index contributed by atoms with van der Waals surface area (Å²) in [6, 6.07) is 8.14. The highest BCUT2D eigenvalue weighted by Gasteiger charge is 2.19. The van der Waals surface area contributed by atoms with E-state index in [0.717, 1.165) is 62.3 Å². The zero-order chi connectivity index (χ0) is 24.1. The monoisotopic (exact) mass is 456 g/mol. The van der Waals surface area contributed by atoms with E-state index in [1.165, 1.54) is 0 Å². The molecule has 0 spiro atoms. The number of imidazole rings is 1. The number of benzene rings is 1. The summed E-state index contributed by atoms with van der Waals surface area (Å²) in [7, 11) is 3.63. The summed E-state index contributed by atoms with van der Waals surface area (Å²) < 4.78 is 11.1. The van der Waals surface area contributed by atoms with Crippen molar-refractivity contribution in [2.24, 2.45) is 14.1 Å². The Bertz CT molecular complexity index is 1610. The lowest BCUT2D eigenvalue weighted by atomic mass is 10.0. The first kappa shape index (κ1) is 21.9. The molecule has 0 bridgehead atoms. The third-order valence-electron chi connectivity index (χ3n) is 6.07. The zero-order valence-electron chi connectivity index (χ0n) is 20.3. The highest BCUT2D eigenvalue weighted by molar-refractivity contribution is 6.04. The van der Waals surface area contributed by atoms with Crippen LogP contribution in [0.1, 0.15) is 32.2 Å². The maximum absolute atomic E-state index is 13.3. The van der Waals surface area contributed by atoms with Crippen LogP contribution in [-0.2, 0) is 20.5 Å². The van der Waals surface area contributed by atoms with Crippen LogP contribution < -0.4 is 10.4 Å². The quantitative estimate of drug-likeness (QED) is 0.393. The number of nitrogens with zero attached hydrogens (tertiary/aromatic N) is 6. The van der Waals surface area contributed by atoms with Crippen molar-refractivity contribution in [1.29, 1.82) is 0 Å². The lowest BCUT2D eigenvalue weighted by Crippen LogP contribution is -2.21. The summed E-state index contributed by atoms with van der Waals surface area (Å²) in [6.07, 6.45) is 6.36. The van der Waals surface area contributed by atoms with E-state index in [1.807, 2.05) is 58.4 Å². The van der Waals surface area contributed by atoms with Crippen LogP contribution in [0.4, 0.5) is 0 Å². The normalized spacial score (nSPS) is 11.7. The molecule has 5 rings (SSSR count). The Hall–Kier alpha value is -3.94. The number of hydrogen-bond donors (Lipinski definition) is 0. The van der Waals surface area contributed by atoms with Crippen molar-refractivity contribution >= 4 is 21.9 Å². The van der Waals surface area contributed by atoms with Gasteiger partial charge in [-0.05, 0) is 51.0 Å². The number of aromatic nitrogens is 6. The van der Waals surface area contributed by atoms with Crippen LogP contribution in [0.3, 0.4) is 0 Å². The van der Waals surface area contributed by atoms with Crippen LogP contribution in [0.25, 0.3) is 38.8 Å². The third kappa shape index (κ3) is 3.46. The second-order valence-corrected chi connectivity index (χ2v) is 8.86. The van der Waals surface area contributed by atoms with Crippen molar-refractivity contribution in [2.45, 2.75) is 40.2 Å². The molecule has 0 unspecified atom stereocenters. The molecule has 0 amide bonds. The Kier molecular flexibility index (Phi) is 5.23. The first-order chi connectivity index (χ1) is 16.3. The molecule has 0 fully saturated rings. The highest BCUT2D eigenvalue weighted by atomic mass is 16.5. The smallest absolute Gasteiger partial charge is 0.333 e. The van der Waals surface area contributed by atoms with Gasteiger partial charge in [-0.15, -0.1) is 0 Å². The Morgan fingerprint density at radius 1 is 1.06 bits per heavy atom. The van der Waals surface area contributed by atoms with Crippen LogP contribution in [0, 0.1) is 6.92 Å². The molecule has 4 aromatic heterocycles. The van der Waals surface area contributed by atoms with Gasteiger partial charge in [-0.1, -0.05) is 13.0 Å². The molecule has 4 heterocycles. The van der Waals surface area contributed by atoms with E-state index >= 15 is 0 Å². The summed E-state index contributed by atoms with van der Waals surface area (Å²) >= 11 is 0. The molecule has 0 saturated carbocycles. The van der Waals surface area contributed by atoms with Gasteiger partial charge in [-0.3, -0.25) is 23.8 Å². The minimum atomic E-state index is -0.132. The predicted octanol–water partition coefficient (Wildman–Crippen LogP) is 4.33. The van der Waals surface area contributed by atoms with E-state index in [2.05, 4.69) is 28.1 Å². The van der Waals surface area contributed by atoms with Gasteiger partial charge >= 0.3 is 5.69 Å². The SMILES string of the molecule is CCc1ncc(-c2ccc3ncc4c(c3c2)n(-c2cn(C)nc2C)c(=O)n4C)cc1OC(C)C. The van der Waals surface area contributed by atoms with Crippen molar-refractivity contribution in [1.82, 2.24) is 28.9 Å². The van der Waals surface area contributed by atoms with Crippen LogP contribution >= 0.6 is 0 Å². The molecule has 8 nitrogen and oxygen atoms in total. The minimum Gasteiger partial charge on any atom is -0.489 e. The summed E-state index contributed by atoms with van der Waals surface area (Å²) in [4.78, 5) is 22.6. The largest absolute Gasteiger partial charge is 0.489 e. The van der Waals surface area contributed by atoms with Crippen LogP contribution in [0.2, 0.25) is 0 Å². The Balaban J connectivity index is 1.78. The second kappa shape index (κ2) is 8.13. The molecular formula is C26H28N6O2. The highest BCUT2D eigenvalue weighted by Crippen LogP contribution is 2.32. The van der Waals surface area contributed by atoms with Crippen molar-refractivity contribution in [2.75, 3.05) is 0 Å².